The van der Waals surface area contributed by atoms with Crippen LogP contribution in [0, 0.1) is 12.8 Å². The molecule has 29 heavy (non-hydrogen) atoms. The van der Waals surface area contributed by atoms with Crippen LogP contribution in [0.15, 0.2) is 28.9 Å². The molecule has 3 rings (SSSR count). The van der Waals surface area contributed by atoms with Gasteiger partial charge in [0.1, 0.15) is 5.69 Å². The molecule has 1 aromatic carbocycles. The minimum Gasteiger partial charge on any atom is -0.340 e. The van der Waals surface area contributed by atoms with Gasteiger partial charge in [-0.15, -0.1) is 0 Å². The second-order valence-electron chi connectivity index (χ2n) is 7.62. The Kier molecular flexibility index (Phi) is 6.56. The summed E-state index contributed by atoms with van der Waals surface area (Å²) in [5.41, 5.74) is 0.820. The lowest BCUT2D eigenvalue weighted by Gasteiger charge is -2.33. The zero-order valence-corrected chi connectivity index (χ0v) is 16.6. The molecular formula is C20H25F3N4O2. The van der Waals surface area contributed by atoms with Crippen LogP contribution < -0.4 is 0 Å². The number of rotatable bonds is 6. The first-order valence-corrected chi connectivity index (χ1v) is 9.67. The Morgan fingerprint density at radius 1 is 1.28 bits per heavy atom. The van der Waals surface area contributed by atoms with Crippen LogP contribution in [-0.2, 0) is 12.6 Å². The van der Waals surface area contributed by atoms with Crippen molar-refractivity contribution >= 4 is 5.91 Å². The molecule has 0 bridgehead atoms. The smallest absolute Gasteiger partial charge is 0.340 e. The molecule has 1 fully saturated rings. The highest BCUT2D eigenvalue weighted by Crippen LogP contribution is 2.29. The number of carbonyl (C=O) groups excluding carboxylic acids is 1. The number of aryl methyl sites for hydroxylation is 1. The summed E-state index contributed by atoms with van der Waals surface area (Å²) in [5.74, 6) is 0.185. The molecule has 158 valence electrons. The van der Waals surface area contributed by atoms with Gasteiger partial charge in [-0.25, -0.2) is 4.63 Å². The van der Waals surface area contributed by atoms with Crippen molar-refractivity contribution in [1.29, 1.82) is 0 Å². The van der Waals surface area contributed by atoms with Gasteiger partial charge in [0.25, 0.3) is 5.91 Å². The van der Waals surface area contributed by atoms with Gasteiger partial charge >= 0.3 is 6.18 Å². The fourth-order valence-electron chi connectivity index (χ4n) is 3.66. The minimum atomic E-state index is -4.31. The summed E-state index contributed by atoms with van der Waals surface area (Å²) in [6, 6.07) is 5.53. The third-order valence-electron chi connectivity index (χ3n) is 5.41. The van der Waals surface area contributed by atoms with E-state index in [1.807, 2.05) is 0 Å². The number of benzene rings is 1. The van der Waals surface area contributed by atoms with Crippen molar-refractivity contribution in [2.24, 2.45) is 5.92 Å². The monoisotopic (exact) mass is 410 g/mol. The van der Waals surface area contributed by atoms with Gasteiger partial charge in [-0.05, 0) is 62.0 Å². The zero-order valence-electron chi connectivity index (χ0n) is 16.6. The number of piperidine rings is 1. The van der Waals surface area contributed by atoms with Gasteiger partial charge in [0.2, 0.25) is 0 Å². The maximum atomic E-state index is 12.8. The molecule has 1 amide bonds. The van der Waals surface area contributed by atoms with Crippen LogP contribution in [0.5, 0.6) is 0 Å². The number of carbonyl (C=O) groups is 1. The van der Waals surface area contributed by atoms with Crippen molar-refractivity contribution in [3.8, 4) is 0 Å². The number of hydrogen-bond donors (Lipinski definition) is 0. The van der Waals surface area contributed by atoms with Gasteiger partial charge in [0.05, 0.1) is 5.56 Å². The fraction of sp³-hybridized carbons (Fsp3) is 0.550. The van der Waals surface area contributed by atoms with Gasteiger partial charge in [0, 0.05) is 20.1 Å². The number of amides is 1. The second-order valence-corrected chi connectivity index (χ2v) is 7.62. The Balaban J connectivity index is 1.44. The molecule has 2 aromatic rings. The first kappa shape index (κ1) is 21.3. The molecule has 6 nitrogen and oxygen atoms in total. The Bertz CT molecular complexity index is 829. The second kappa shape index (κ2) is 8.94. The van der Waals surface area contributed by atoms with Crippen LogP contribution in [0.2, 0.25) is 0 Å². The fourth-order valence-corrected chi connectivity index (χ4v) is 3.66. The van der Waals surface area contributed by atoms with E-state index in [9.17, 15) is 18.0 Å². The van der Waals surface area contributed by atoms with Crippen LogP contribution in [0.3, 0.4) is 0 Å². The summed E-state index contributed by atoms with van der Waals surface area (Å²) in [4.78, 5) is 16.3. The van der Waals surface area contributed by atoms with E-state index >= 15 is 0 Å². The molecule has 1 saturated heterocycles. The van der Waals surface area contributed by atoms with Crippen LogP contribution in [-0.4, -0.2) is 59.2 Å². The van der Waals surface area contributed by atoms with Gasteiger partial charge in [-0.2, -0.15) is 13.2 Å². The SMILES string of the molecule is Cc1nonc1C(=O)N(C)CC1CCN(CCc2cccc(C(F)(F)F)c2)CC1. The van der Waals surface area contributed by atoms with Crippen molar-refractivity contribution in [2.75, 3.05) is 33.2 Å². The van der Waals surface area contributed by atoms with E-state index in [-0.39, 0.29) is 11.6 Å². The highest BCUT2D eigenvalue weighted by Gasteiger charge is 2.30. The third-order valence-corrected chi connectivity index (χ3v) is 5.41. The molecule has 0 N–H and O–H groups in total. The normalized spacial score (nSPS) is 16.2. The van der Waals surface area contributed by atoms with E-state index in [0.29, 0.717) is 30.1 Å². The Labute approximate surface area is 167 Å². The van der Waals surface area contributed by atoms with E-state index in [2.05, 4.69) is 19.8 Å². The molecule has 9 heteroatoms. The van der Waals surface area contributed by atoms with Crippen molar-refractivity contribution < 1.29 is 22.6 Å². The number of aromatic nitrogens is 2. The number of nitrogens with zero attached hydrogens (tertiary/aromatic N) is 4. The predicted octanol–water partition coefficient (Wildman–Crippen LogP) is 3.42. The highest BCUT2D eigenvalue weighted by molar-refractivity contribution is 5.92. The molecule has 2 heterocycles. The topological polar surface area (TPSA) is 62.5 Å². The van der Waals surface area contributed by atoms with Crippen molar-refractivity contribution in [3.63, 3.8) is 0 Å². The lowest BCUT2D eigenvalue weighted by molar-refractivity contribution is -0.137. The van der Waals surface area contributed by atoms with Crippen LogP contribution >= 0.6 is 0 Å². The Morgan fingerprint density at radius 2 is 2.00 bits per heavy atom. The van der Waals surface area contributed by atoms with Gasteiger partial charge < -0.3 is 9.80 Å². The van der Waals surface area contributed by atoms with E-state index in [4.69, 9.17) is 0 Å². The largest absolute Gasteiger partial charge is 0.416 e. The van der Waals surface area contributed by atoms with E-state index in [1.54, 1.807) is 24.9 Å². The van der Waals surface area contributed by atoms with Crippen molar-refractivity contribution in [2.45, 2.75) is 32.4 Å². The van der Waals surface area contributed by atoms with Gasteiger partial charge in [-0.1, -0.05) is 23.4 Å². The Hall–Kier alpha value is -2.42. The minimum absolute atomic E-state index is 0.198. The molecule has 0 spiro atoms. The molecule has 1 aliphatic heterocycles. The van der Waals surface area contributed by atoms with Gasteiger partial charge in [0.15, 0.2) is 5.69 Å². The van der Waals surface area contributed by atoms with Crippen LogP contribution in [0.1, 0.15) is 40.2 Å². The van der Waals surface area contributed by atoms with Crippen molar-refractivity contribution in [1.82, 2.24) is 20.1 Å². The zero-order chi connectivity index (χ0) is 21.0. The number of hydrogen-bond acceptors (Lipinski definition) is 5. The number of halogens is 3. The van der Waals surface area contributed by atoms with Gasteiger partial charge in [-0.3, -0.25) is 4.79 Å². The molecule has 0 saturated carbocycles. The van der Waals surface area contributed by atoms with E-state index in [1.165, 1.54) is 12.1 Å². The highest BCUT2D eigenvalue weighted by atomic mass is 19.4. The predicted molar refractivity (Wildman–Crippen MR) is 100 cm³/mol. The first-order valence-electron chi connectivity index (χ1n) is 9.67. The lowest BCUT2D eigenvalue weighted by atomic mass is 9.95. The maximum Gasteiger partial charge on any atom is 0.416 e. The average Bonchev–Trinajstić information content (AvgIpc) is 3.12. The molecule has 0 radical (unpaired) electrons. The van der Waals surface area contributed by atoms with E-state index in [0.717, 1.165) is 38.5 Å². The number of likely N-dealkylation sites (tertiary alicyclic amines) is 1. The first-order chi connectivity index (χ1) is 13.7. The standard InChI is InChI=1S/C20H25F3N4O2/c1-14-18(25-29-24-14)19(28)26(2)13-16-7-10-27(11-8-16)9-6-15-4-3-5-17(12-15)20(21,22)23/h3-5,12,16H,6-11,13H2,1-2H3. The molecule has 1 aliphatic rings. The van der Waals surface area contributed by atoms with Crippen molar-refractivity contribution in [3.05, 3.63) is 46.8 Å². The van der Waals surface area contributed by atoms with E-state index < -0.39 is 11.7 Å². The average molecular weight is 410 g/mol. The molecule has 1 aromatic heterocycles. The summed E-state index contributed by atoms with van der Waals surface area (Å²) in [6.45, 7) is 4.78. The molecule has 0 aliphatic carbocycles. The van der Waals surface area contributed by atoms with Crippen LogP contribution in [0.25, 0.3) is 0 Å². The Morgan fingerprint density at radius 3 is 2.62 bits per heavy atom. The maximum absolute atomic E-state index is 12.8. The number of alkyl halides is 3. The quantitative estimate of drug-likeness (QED) is 0.730. The summed E-state index contributed by atoms with van der Waals surface area (Å²) < 4.78 is 43.1. The lowest BCUT2D eigenvalue weighted by Crippen LogP contribution is -2.40. The molecule has 0 atom stereocenters. The van der Waals surface area contributed by atoms with Crippen LogP contribution in [0.4, 0.5) is 13.2 Å². The third kappa shape index (κ3) is 5.56. The summed E-state index contributed by atoms with van der Waals surface area (Å²) >= 11 is 0. The molecule has 0 unspecified atom stereocenters. The summed E-state index contributed by atoms with van der Waals surface area (Å²) in [5, 5.41) is 7.30. The summed E-state index contributed by atoms with van der Waals surface area (Å²) in [7, 11) is 1.75. The molecular weight excluding hydrogens is 385 g/mol. The summed E-state index contributed by atoms with van der Waals surface area (Å²) in [6.07, 6.45) is -1.84.